The van der Waals surface area contributed by atoms with Crippen molar-refractivity contribution in [3.05, 3.63) is 65.8 Å². The van der Waals surface area contributed by atoms with Gasteiger partial charge in [-0.25, -0.2) is 9.67 Å². The number of aromatic nitrogens is 4. The molecule has 2 heterocycles. The lowest BCUT2D eigenvalue weighted by Crippen LogP contribution is -2.40. The van der Waals surface area contributed by atoms with Gasteiger partial charge in [-0.3, -0.25) is 4.98 Å². The molecule has 0 atom stereocenters. The Kier molecular flexibility index (Phi) is 3.94. The summed E-state index contributed by atoms with van der Waals surface area (Å²) in [5.74, 6) is 0.707. The molecule has 0 spiro atoms. The summed E-state index contributed by atoms with van der Waals surface area (Å²) in [5.41, 5.74) is 2.46. The van der Waals surface area contributed by atoms with E-state index >= 15 is 0 Å². The summed E-state index contributed by atoms with van der Waals surface area (Å²) >= 11 is 6.17. The van der Waals surface area contributed by atoms with E-state index in [1.165, 1.54) is 24.8 Å². The van der Waals surface area contributed by atoms with Gasteiger partial charge in [0.2, 0.25) is 0 Å². The molecule has 0 saturated heterocycles. The predicted octanol–water partition coefficient (Wildman–Crippen LogP) is 3.85. The molecule has 1 aliphatic rings. The summed E-state index contributed by atoms with van der Waals surface area (Å²) < 4.78 is 1.72. The highest BCUT2D eigenvalue weighted by molar-refractivity contribution is 6.30. The average Bonchev–Trinajstić information content (AvgIpc) is 3.04. The smallest absolute Gasteiger partial charge is 0.171 e. The Morgan fingerprint density at radius 2 is 2.12 bits per heavy atom. The highest BCUT2D eigenvalue weighted by atomic mass is 35.5. The van der Waals surface area contributed by atoms with Crippen LogP contribution in [-0.2, 0) is 5.41 Å². The molecule has 24 heavy (non-hydrogen) atoms. The van der Waals surface area contributed by atoms with E-state index in [9.17, 15) is 0 Å². The molecule has 1 saturated carbocycles. The quantitative estimate of drug-likeness (QED) is 0.767. The molecule has 1 aliphatic carbocycles. The van der Waals surface area contributed by atoms with Gasteiger partial charge < -0.3 is 5.32 Å². The van der Waals surface area contributed by atoms with Crippen molar-refractivity contribution in [3.63, 3.8) is 0 Å². The fraction of sp³-hybridized carbons (Fsp3) is 0.278. The molecule has 1 fully saturated rings. The molecule has 0 bridgehead atoms. The van der Waals surface area contributed by atoms with Crippen LogP contribution in [0.1, 0.15) is 24.8 Å². The van der Waals surface area contributed by atoms with Crippen molar-refractivity contribution in [1.82, 2.24) is 19.7 Å². The van der Waals surface area contributed by atoms with Gasteiger partial charge in [0.05, 0.1) is 24.3 Å². The first-order chi connectivity index (χ1) is 11.8. The molecule has 6 heteroatoms. The van der Waals surface area contributed by atoms with Crippen LogP contribution in [0.4, 0.5) is 5.69 Å². The fourth-order valence-electron chi connectivity index (χ4n) is 3.21. The number of benzene rings is 1. The Morgan fingerprint density at radius 3 is 2.83 bits per heavy atom. The third-order valence-electron chi connectivity index (χ3n) is 4.75. The topological polar surface area (TPSA) is 55.6 Å². The van der Waals surface area contributed by atoms with E-state index in [4.69, 9.17) is 11.6 Å². The SMILES string of the molecule is Clc1cccc(C2(CNc3cnn(-c4cnccn4)c3)CCC2)c1. The number of hydrogen-bond acceptors (Lipinski definition) is 4. The van der Waals surface area contributed by atoms with Crippen molar-refractivity contribution in [2.75, 3.05) is 11.9 Å². The summed E-state index contributed by atoms with van der Waals surface area (Å²) in [6.45, 7) is 0.875. The number of hydrogen-bond donors (Lipinski definition) is 1. The largest absolute Gasteiger partial charge is 0.382 e. The Labute approximate surface area is 145 Å². The van der Waals surface area contributed by atoms with Crippen molar-refractivity contribution in [2.45, 2.75) is 24.7 Å². The van der Waals surface area contributed by atoms with Crippen LogP contribution in [0.2, 0.25) is 5.02 Å². The highest BCUT2D eigenvalue weighted by Crippen LogP contribution is 2.44. The summed E-state index contributed by atoms with van der Waals surface area (Å²) in [6.07, 6.45) is 12.4. The van der Waals surface area contributed by atoms with Gasteiger partial charge in [-0.15, -0.1) is 0 Å². The maximum Gasteiger partial charge on any atom is 0.171 e. The number of rotatable bonds is 5. The number of nitrogens with one attached hydrogen (secondary N) is 1. The minimum absolute atomic E-state index is 0.166. The molecule has 5 nitrogen and oxygen atoms in total. The maximum absolute atomic E-state index is 6.17. The standard InChI is InChI=1S/C18H18ClN5/c19-15-4-1-3-14(9-15)18(5-2-6-18)13-22-16-10-23-24(12-16)17-11-20-7-8-21-17/h1,3-4,7-12,22H,2,5-6,13H2. The second-order valence-corrected chi connectivity index (χ2v) is 6.67. The van der Waals surface area contributed by atoms with Crippen LogP contribution in [0.5, 0.6) is 0 Å². The summed E-state index contributed by atoms with van der Waals surface area (Å²) in [4.78, 5) is 8.32. The first kappa shape index (κ1) is 15.1. The van der Waals surface area contributed by atoms with Crippen LogP contribution in [0.15, 0.2) is 55.2 Å². The predicted molar refractivity (Wildman–Crippen MR) is 94.6 cm³/mol. The lowest BCUT2D eigenvalue weighted by Gasteiger charge is -2.42. The summed E-state index contributed by atoms with van der Waals surface area (Å²) in [7, 11) is 0. The van der Waals surface area contributed by atoms with Gasteiger partial charge in [-0.1, -0.05) is 30.2 Å². The summed E-state index contributed by atoms with van der Waals surface area (Å²) in [6, 6.07) is 8.22. The second-order valence-electron chi connectivity index (χ2n) is 6.23. The summed E-state index contributed by atoms with van der Waals surface area (Å²) in [5, 5.41) is 8.67. The molecular weight excluding hydrogens is 322 g/mol. The van der Waals surface area contributed by atoms with Crippen molar-refractivity contribution >= 4 is 17.3 Å². The minimum atomic E-state index is 0.166. The van der Waals surface area contributed by atoms with Crippen LogP contribution in [0, 0.1) is 0 Å². The first-order valence-electron chi connectivity index (χ1n) is 8.06. The van der Waals surface area contributed by atoms with Crippen molar-refractivity contribution in [1.29, 1.82) is 0 Å². The van der Waals surface area contributed by atoms with Gasteiger partial charge in [0.25, 0.3) is 0 Å². The van der Waals surface area contributed by atoms with Crippen LogP contribution >= 0.6 is 11.6 Å². The van der Waals surface area contributed by atoms with Crippen molar-refractivity contribution < 1.29 is 0 Å². The van der Waals surface area contributed by atoms with E-state index in [0.29, 0.717) is 5.82 Å². The lowest BCUT2D eigenvalue weighted by molar-refractivity contribution is 0.260. The van der Waals surface area contributed by atoms with E-state index in [1.54, 1.807) is 23.3 Å². The fourth-order valence-corrected chi connectivity index (χ4v) is 3.40. The Bertz CT molecular complexity index is 826. The van der Waals surface area contributed by atoms with Crippen LogP contribution in [-0.4, -0.2) is 26.3 Å². The highest BCUT2D eigenvalue weighted by Gasteiger charge is 2.38. The Morgan fingerprint density at radius 1 is 1.21 bits per heavy atom. The molecule has 1 aromatic carbocycles. The molecule has 0 radical (unpaired) electrons. The van der Waals surface area contributed by atoms with Gasteiger partial charge in [-0.2, -0.15) is 5.10 Å². The Balaban J connectivity index is 1.49. The molecular formula is C18H18ClN5. The monoisotopic (exact) mass is 339 g/mol. The van der Waals surface area contributed by atoms with Gasteiger partial charge >= 0.3 is 0 Å². The average molecular weight is 340 g/mol. The van der Waals surface area contributed by atoms with Crippen LogP contribution in [0.25, 0.3) is 5.82 Å². The van der Waals surface area contributed by atoms with Gasteiger partial charge in [0.15, 0.2) is 5.82 Å². The van der Waals surface area contributed by atoms with Crippen LogP contribution in [0.3, 0.4) is 0 Å². The normalized spacial score (nSPS) is 15.7. The third-order valence-corrected chi connectivity index (χ3v) is 4.98. The maximum atomic E-state index is 6.17. The molecule has 0 unspecified atom stereocenters. The molecule has 1 N–H and O–H groups in total. The van der Waals surface area contributed by atoms with E-state index < -0.39 is 0 Å². The zero-order valence-electron chi connectivity index (χ0n) is 13.2. The first-order valence-corrected chi connectivity index (χ1v) is 8.44. The van der Waals surface area contributed by atoms with E-state index in [1.807, 2.05) is 24.5 Å². The molecule has 3 aromatic rings. The van der Waals surface area contributed by atoms with E-state index in [2.05, 4.69) is 32.5 Å². The molecule has 122 valence electrons. The lowest BCUT2D eigenvalue weighted by atomic mass is 9.64. The zero-order valence-corrected chi connectivity index (χ0v) is 13.9. The zero-order chi connectivity index (χ0) is 16.4. The van der Waals surface area contributed by atoms with E-state index in [-0.39, 0.29) is 5.41 Å². The number of anilines is 1. The number of halogens is 1. The molecule has 0 amide bonds. The molecule has 0 aliphatic heterocycles. The third kappa shape index (κ3) is 2.87. The van der Waals surface area contributed by atoms with Gasteiger partial charge in [0.1, 0.15) is 0 Å². The van der Waals surface area contributed by atoms with Gasteiger partial charge in [0, 0.05) is 29.4 Å². The minimum Gasteiger partial charge on any atom is -0.382 e. The van der Waals surface area contributed by atoms with Crippen LogP contribution < -0.4 is 5.32 Å². The van der Waals surface area contributed by atoms with Crippen molar-refractivity contribution in [2.24, 2.45) is 0 Å². The van der Waals surface area contributed by atoms with E-state index in [0.717, 1.165) is 17.3 Å². The molecule has 2 aromatic heterocycles. The van der Waals surface area contributed by atoms with Crippen molar-refractivity contribution in [3.8, 4) is 5.82 Å². The number of nitrogens with zero attached hydrogens (tertiary/aromatic N) is 4. The molecule has 4 rings (SSSR count). The Hall–Kier alpha value is -2.40. The van der Waals surface area contributed by atoms with Gasteiger partial charge in [-0.05, 0) is 30.5 Å². The second kappa shape index (κ2) is 6.24.